The zero-order valence-corrected chi connectivity index (χ0v) is 9.52. The quantitative estimate of drug-likeness (QED) is 0.618. The maximum atomic E-state index is 2.30. The second-order valence-corrected chi connectivity index (χ2v) is 5.53. The maximum absolute atomic E-state index is 2.30. The van der Waals surface area contributed by atoms with Crippen LogP contribution in [0.5, 0.6) is 0 Å². The molecule has 2 aromatic carbocycles. The number of rotatable bonds is 0. The van der Waals surface area contributed by atoms with Crippen molar-refractivity contribution in [3.63, 3.8) is 0 Å². The van der Waals surface area contributed by atoms with Crippen LogP contribution in [0.15, 0.2) is 42.5 Å². The van der Waals surface area contributed by atoms with Gasteiger partial charge in [0, 0.05) is 0 Å². The van der Waals surface area contributed by atoms with Crippen LogP contribution in [0.1, 0.15) is 5.56 Å². The second-order valence-electron chi connectivity index (χ2n) is 3.36. The van der Waals surface area contributed by atoms with Crippen molar-refractivity contribution in [3.05, 3.63) is 48.0 Å². The van der Waals surface area contributed by atoms with Crippen molar-refractivity contribution in [2.75, 3.05) is 0 Å². The molecule has 0 spiro atoms. The van der Waals surface area contributed by atoms with Crippen LogP contribution >= 0.6 is 0 Å². The first-order valence-electron chi connectivity index (χ1n) is 4.68. The van der Waals surface area contributed by atoms with Crippen LogP contribution in [0.3, 0.4) is 0 Å². The van der Waals surface area contributed by atoms with E-state index < -0.39 is 0 Å². The molecule has 0 unspecified atom stereocenters. The van der Waals surface area contributed by atoms with Gasteiger partial charge >= 0.3 is 89.4 Å². The van der Waals surface area contributed by atoms with Crippen molar-refractivity contribution in [1.82, 2.24) is 0 Å². The minimum atomic E-state index is 0.250. The monoisotopic (exact) mass is 240 g/mol. The van der Waals surface area contributed by atoms with Crippen LogP contribution in [0.2, 0.25) is 0 Å². The number of allylic oxidation sites excluding steroid dienone is 1. The number of fused-ring (bicyclic) bond motifs is 3. The van der Waals surface area contributed by atoms with Crippen LogP contribution in [0, 0.1) is 0 Å². The second kappa shape index (κ2) is 3.22. The van der Waals surface area contributed by atoms with Gasteiger partial charge in [-0.2, -0.15) is 0 Å². The van der Waals surface area contributed by atoms with Gasteiger partial charge in [0.25, 0.3) is 0 Å². The first-order valence-corrected chi connectivity index (χ1v) is 6.70. The fourth-order valence-corrected chi connectivity index (χ4v) is 3.57. The summed E-state index contributed by atoms with van der Waals surface area (Å²) < 4.78 is 1.53. The normalized spacial score (nSPS) is 14.3. The van der Waals surface area contributed by atoms with Crippen LogP contribution in [-0.2, 0) is 0 Å². The molecule has 1 aliphatic rings. The molecule has 0 radical (unpaired) electrons. The van der Waals surface area contributed by atoms with Crippen LogP contribution < -0.4 is 4.35 Å². The number of hydrogen-bond acceptors (Lipinski definition) is 0. The molecule has 14 heavy (non-hydrogen) atoms. The van der Waals surface area contributed by atoms with Gasteiger partial charge in [0.1, 0.15) is 0 Å². The first-order chi connectivity index (χ1) is 6.95. The van der Waals surface area contributed by atoms with Crippen molar-refractivity contribution in [3.8, 4) is 0 Å². The van der Waals surface area contributed by atoms with Gasteiger partial charge in [-0.25, -0.2) is 0 Å². The van der Waals surface area contributed by atoms with Crippen LogP contribution in [-0.4, -0.2) is 20.1 Å². The molecule has 1 heterocycles. The molecule has 0 atom stereocenters. The Morgan fingerprint density at radius 1 is 0.929 bits per heavy atom. The van der Waals surface area contributed by atoms with E-state index in [-0.39, 0.29) is 15.3 Å². The van der Waals surface area contributed by atoms with Crippen LogP contribution in [0.25, 0.3) is 16.8 Å². The molecule has 0 bridgehead atoms. The third-order valence-electron chi connectivity index (χ3n) is 2.51. The first kappa shape index (κ1) is 8.20. The molecule has 0 fully saturated rings. The molecule has 3 rings (SSSR count). The fourth-order valence-electron chi connectivity index (χ4n) is 1.83. The Labute approximate surface area is 89.5 Å². The van der Waals surface area contributed by atoms with Crippen molar-refractivity contribution in [2.24, 2.45) is 0 Å². The van der Waals surface area contributed by atoms with Crippen molar-refractivity contribution in [1.29, 1.82) is 0 Å². The van der Waals surface area contributed by atoms with E-state index in [1.54, 1.807) is 0 Å². The summed E-state index contributed by atoms with van der Waals surface area (Å²) >= 11 is 0.250. The van der Waals surface area contributed by atoms with Gasteiger partial charge < -0.3 is 0 Å². The molecule has 1 heteroatoms. The van der Waals surface area contributed by atoms with Crippen molar-refractivity contribution in [2.45, 2.75) is 0 Å². The minimum absolute atomic E-state index is 0.250. The topological polar surface area (TPSA) is 0 Å². The third kappa shape index (κ3) is 1.19. The van der Waals surface area contributed by atoms with E-state index in [9.17, 15) is 0 Å². The summed E-state index contributed by atoms with van der Waals surface area (Å²) in [4.78, 5) is 2.30. The van der Waals surface area contributed by atoms with Crippen LogP contribution in [0.4, 0.5) is 0 Å². The van der Waals surface area contributed by atoms with E-state index in [0.29, 0.717) is 0 Å². The molecule has 0 N–H and O–H groups in total. The molecule has 0 amide bonds. The standard InChI is InChI=1S/C13H9As/c1-2-5-11-10(4-1)7-8-13-12(11)6-3-9-14-13/h1-9H. The molecule has 2 aromatic rings. The molecular formula is C13H9As. The van der Waals surface area contributed by atoms with Gasteiger partial charge in [-0.05, 0) is 0 Å². The SMILES string of the molecule is C1=Cc2c(ccc3ccccc23)[As]=C1. The Morgan fingerprint density at radius 2 is 1.86 bits per heavy atom. The molecule has 0 aromatic heterocycles. The van der Waals surface area contributed by atoms with E-state index in [2.05, 4.69) is 53.4 Å². The summed E-state index contributed by atoms with van der Waals surface area (Å²) in [6.07, 6.45) is 4.42. The van der Waals surface area contributed by atoms with Crippen molar-refractivity contribution >= 4 is 41.3 Å². The van der Waals surface area contributed by atoms with E-state index in [0.717, 1.165) is 0 Å². The Morgan fingerprint density at radius 3 is 2.86 bits per heavy atom. The van der Waals surface area contributed by atoms with E-state index in [4.69, 9.17) is 0 Å². The van der Waals surface area contributed by atoms with Gasteiger partial charge in [-0.1, -0.05) is 0 Å². The van der Waals surface area contributed by atoms with E-state index in [1.165, 1.54) is 20.7 Å². The van der Waals surface area contributed by atoms with Gasteiger partial charge in [0.15, 0.2) is 0 Å². The Bertz CT molecular complexity index is 550. The predicted octanol–water partition coefficient (Wildman–Crippen LogP) is 2.00. The third-order valence-corrected chi connectivity index (χ3v) is 4.59. The summed E-state index contributed by atoms with van der Waals surface area (Å²) in [5, 5.41) is 2.74. The van der Waals surface area contributed by atoms with E-state index in [1.807, 2.05) is 0 Å². The van der Waals surface area contributed by atoms with Gasteiger partial charge in [0.05, 0.1) is 0 Å². The van der Waals surface area contributed by atoms with Crippen molar-refractivity contribution < 1.29 is 0 Å². The Kier molecular flexibility index (Phi) is 1.89. The van der Waals surface area contributed by atoms with E-state index >= 15 is 0 Å². The zero-order chi connectivity index (χ0) is 9.38. The molecule has 0 nitrogen and oxygen atoms in total. The molecule has 0 saturated heterocycles. The van der Waals surface area contributed by atoms with Gasteiger partial charge in [-0.3, -0.25) is 0 Å². The zero-order valence-electron chi connectivity index (χ0n) is 7.64. The molecule has 0 saturated carbocycles. The molecule has 1 aliphatic heterocycles. The summed E-state index contributed by atoms with van der Waals surface area (Å²) in [6, 6.07) is 13.1. The summed E-state index contributed by atoms with van der Waals surface area (Å²) in [6.45, 7) is 0. The molecule has 0 aliphatic carbocycles. The molecule has 66 valence electrons. The fraction of sp³-hybridized carbons (Fsp3) is 0. The summed E-state index contributed by atoms with van der Waals surface area (Å²) in [5.74, 6) is 0. The number of benzene rings is 2. The summed E-state index contributed by atoms with van der Waals surface area (Å²) in [7, 11) is 0. The average molecular weight is 240 g/mol. The van der Waals surface area contributed by atoms with Gasteiger partial charge in [0.2, 0.25) is 0 Å². The average Bonchev–Trinajstić information content (AvgIpc) is 2.29. The number of hydrogen-bond donors (Lipinski definition) is 0. The van der Waals surface area contributed by atoms with Gasteiger partial charge in [-0.15, -0.1) is 0 Å². The Hall–Kier alpha value is -1.13. The summed E-state index contributed by atoms with van der Waals surface area (Å²) in [5.41, 5.74) is 1.44. The predicted molar refractivity (Wildman–Crippen MR) is 64.4 cm³/mol. The Balaban J connectivity index is 2.47. The molecular weight excluding hydrogens is 231 g/mol.